The lowest BCUT2D eigenvalue weighted by atomic mass is 10.1. The molecule has 0 atom stereocenters. The van der Waals surface area contributed by atoms with Gasteiger partial charge < -0.3 is 10.1 Å². The van der Waals surface area contributed by atoms with Crippen LogP contribution in [0, 0.1) is 0 Å². The van der Waals surface area contributed by atoms with Gasteiger partial charge in [-0.15, -0.1) is 11.3 Å². The third-order valence-electron chi connectivity index (χ3n) is 3.71. The molecular formula is C20H15Cl2NO3S. The molecule has 0 unspecified atom stereocenters. The first-order valence-electron chi connectivity index (χ1n) is 8.13. The van der Waals surface area contributed by atoms with Gasteiger partial charge in [-0.1, -0.05) is 47.5 Å². The van der Waals surface area contributed by atoms with E-state index in [9.17, 15) is 9.59 Å². The van der Waals surface area contributed by atoms with Gasteiger partial charge in [-0.05, 0) is 31.2 Å². The summed E-state index contributed by atoms with van der Waals surface area (Å²) in [5, 5.41) is 4.83. The maximum atomic E-state index is 12.4. The third-order valence-corrected chi connectivity index (χ3v) is 5.46. The quantitative estimate of drug-likeness (QED) is 0.405. The Kier molecular flexibility index (Phi) is 6.16. The molecule has 27 heavy (non-hydrogen) atoms. The molecule has 138 valence electrons. The Bertz CT molecular complexity index is 1020. The highest BCUT2D eigenvalue weighted by molar-refractivity contribution is 7.23. The molecule has 0 fully saturated rings. The van der Waals surface area contributed by atoms with E-state index in [-0.39, 0.29) is 6.61 Å². The van der Waals surface area contributed by atoms with Gasteiger partial charge in [0.1, 0.15) is 10.6 Å². The Morgan fingerprint density at radius 1 is 1.11 bits per heavy atom. The number of anilines is 1. The molecule has 1 N–H and O–H groups in total. The van der Waals surface area contributed by atoms with Crippen molar-refractivity contribution < 1.29 is 14.3 Å². The molecule has 1 aromatic heterocycles. The zero-order valence-electron chi connectivity index (χ0n) is 14.3. The van der Waals surface area contributed by atoms with Crippen molar-refractivity contribution in [2.45, 2.75) is 6.92 Å². The molecule has 3 rings (SSSR count). The van der Waals surface area contributed by atoms with E-state index >= 15 is 0 Å². The fourth-order valence-corrected chi connectivity index (χ4v) is 4.14. The van der Waals surface area contributed by atoms with Gasteiger partial charge in [0.2, 0.25) is 5.91 Å². The third kappa shape index (κ3) is 4.33. The van der Waals surface area contributed by atoms with E-state index in [4.69, 9.17) is 27.9 Å². The lowest BCUT2D eigenvalue weighted by Gasteiger charge is -2.05. The van der Waals surface area contributed by atoms with Crippen LogP contribution in [0.15, 0.2) is 48.5 Å². The number of thiophene rings is 1. The number of hydrogen-bond donors (Lipinski definition) is 1. The fourth-order valence-electron chi connectivity index (χ4n) is 2.52. The molecule has 0 saturated heterocycles. The molecule has 1 heterocycles. The van der Waals surface area contributed by atoms with Crippen molar-refractivity contribution in [2.24, 2.45) is 0 Å². The maximum absolute atomic E-state index is 12.4. The molecule has 0 saturated carbocycles. The van der Waals surface area contributed by atoms with Crippen LogP contribution in [0.5, 0.6) is 0 Å². The van der Waals surface area contributed by atoms with Crippen molar-refractivity contribution in [1.29, 1.82) is 0 Å². The standard InChI is InChI=1S/C20H15Cl2NO3S/c1-2-26-20(25)18-13-6-3-4-9-16(13)27-19(18)23-17(24)11-10-12-14(21)7-5-8-15(12)22/h3-11H,2H2,1H3,(H,23,24). The smallest absolute Gasteiger partial charge is 0.341 e. The molecule has 3 aromatic rings. The SMILES string of the molecule is CCOC(=O)c1c(NC(=O)C=Cc2c(Cl)cccc2Cl)sc2ccccc12. The van der Waals surface area contributed by atoms with Crippen LogP contribution in [0.25, 0.3) is 16.2 Å². The highest BCUT2D eigenvalue weighted by atomic mass is 35.5. The van der Waals surface area contributed by atoms with Gasteiger partial charge >= 0.3 is 5.97 Å². The molecule has 0 radical (unpaired) electrons. The van der Waals surface area contributed by atoms with Crippen LogP contribution in [0.3, 0.4) is 0 Å². The van der Waals surface area contributed by atoms with E-state index in [1.54, 1.807) is 25.1 Å². The van der Waals surface area contributed by atoms with Crippen molar-refractivity contribution in [3.05, 3.63) is 69.7 Å². The number of amides is 1. The fraction of sp³-hybridized carbons (Fsp3) is 0.100. The number of carbonyl (C=O) groups is 2. The number of esters is 1. The van der Waals surface area contributed by atoms with Gasteiger partial charge in [-0.25, -0.2) is 4.79 Å². The highest BCUT2D eigenvalue weighted by Crippen LogP contribution is 2.36. The number of nitrogens with one attached hydrogen (secondary N) is 1. The summed E-state index contributed by atoms with van der Waals surface area (Å²) in [4.78, 5) is 24.8. The Morgan fingerprint density at radius 2 is 1.81 bits per heavy atom. The molecule has 0 aliphatic heterocycles. The van der Waals surface area contributed by atoms with Gasteiger partial charge in [0.05, 0.1) is 6.61 Å². The van der Waals surface area contributed by atoms with Crippen molar-refractivity contribution in [1.82, 2.24) is 0 Å². The van der Waals surface area contributed by atoms with Crippen LogP contribution in [-0.2, 0) is 9.53 Å². The lowest BCUT2D eigenvalue weighted by Crippen LogP contribution is -2.12. The number of rotatable bonds is 5. The van der Waals surface area contributed by atoms with Gasteiger partial charge in [0.25, 0.3) is 0 Å². The minimum absolute atomic E-state index is 0.251. The maximum Gasteiger partial charge on any atom is 0.341 e. The second-order valence-corrected chi connectivity index (χ2v) is 7.35. The molecule has 0 spiro atoms. The van der Waals surface area contributed by atoms with E-state index in [0.717, 1.165) is 10.1 Å². The predicted octanol–water partition coefficient (Wildman–Crippen LogP) is 6.04. The number of hydrogen-bond acceptors (Lipinski definition) is 4. The van der Waals surface area contributed by atoms with Gasteiger partial charge in [0, 0.05) is 31.8 Å². The summed E-state index contributed by atoms with van der Waals surface area (Å²) in [6.45, 7) is 1.99. The van der Waals surface area contributed by atoms with Gasteiger partial charge in [-0.2, -0.15) is 0 Å². The Labute approximate surface area is 170 Å². The lowest BCUT2D eigenvalue weighted by molar-refractivity contribution is -0.111. The summed E-state index contributed by atoms with van der Waals surface area (Å²) < 4.78 is 6.02. The molecule has 1 amide bonds. The van der Waals surface area contributed by atoms with Crippen LogP contribution in [0.4, 0.5) is 5.00 Å². The molecule has 2 aromatic carbocycles. The molecule has 0 aliphatic carbocycles. The van der Waals surface area contributed by atoms with Crippen LogP contribution in [-0.4, -0.2) is 18.5 Å². The van der Waals surface area contributed by atoms with Gasteiger partial charge in [-0.3, -0.25) is 4.79 Å². The summed E-state index contributed by atoms with van der Waals surface area (Å²) in [5.41, 5.74) is 0.910. The molecule has 7 heteroatoms. The van der Waals surface area contributed by atoms with Crippen LogP contribution < -0.4 is 5.32 Å². The zero-order chi connectivity index (χ0) is 19.4. The number of ether oxygens (including phenoxy) is 1. The first kappa shape index (κ1) is 19.4. The molecule has 0 bridgehead atoms. The average molecular weight is 420 g/mol. The molecule has 4 nitrogen and oxygen atoms in total. The number of fused-ring (bicyclic) bond motifs is 1. The summed E-state index contributed by atoms with van der Waals surface area (Å²) in [6.07, 6.45) is 2.86. The van der Waals surface area contributed by atoms with Crippen molar-refractivity contribution in [2.75, 3.05) is 11.9 Å². The topological polar surface area (TPSA) is 55.4 Å². The second-order valence-electron chi connectivity index (χ2n) is 5.48. The van der Waals surface area contributed by atoms with Crippen LogP contribution >= 0.6 is 34.5 Å². The minimum Gasteiger partial charge on any atom is -0.462 e. The van der Waals surface area contributed by atoms with E-state index in [2.05, 4.69) is 5.32 Å². The van der Waals surface area contributed by atoms with Crippen LogP contribution in [0.1, 0.15) is 22.8 Å². The van der Waals surface area contributed by atoms with Crippen molar-refractivity contribution in [3.8, 4) is 0 Å². The second kappa shape index (κ2) is 8.57. The summed E-state index contributed by atoms with van der Waals surface area (Å²) >= 11 is 13.5. The number of halogens is 2. The van der Waals surface area contributed by atoms with E-state index in [1.165, 1.54) is 23.5 Å². The zero-order valence-corrected chi connectivity index (χ0v) is 16.6. The monoisotopic (exact) mass is 419 g/mol. The van der Waals surface area contributed by atoms with E-state index in [0.29, 0.717) is 26.2 Å². The highest BCUT2D eigenvalue weighted by Gasteiger charge is 2.21. The summed E-state index contributed by atoms with van der Waals surface area (Å²) in [7, 11) is 0. The summed E-state index contributed by atoms with van der Waals surface area (Å²) in [5.74, 6) is -0.869. The minimum atomic E-state index is -0.469. The Hall–Kier alpha value is -2.34. The van der Waals surface area contributed by atoms with E-state index in [1.807, 2.05) is 24.3 Å². The first-order chi connectivity index (χ1) is 13.0. The van der Waals surface area contributed by atoms with E-state index < -0.39 is 11.9 Å². The normalized spacial score (nSPS) is 11.1. The van der Waals surface area contributed by atoms with Crippen LogP contribution in [0.2, 0.25) is 10.0 Å². The largest absolute Gasteiger partial charge is 0.462 e. The predicted molar refractivity (Wildman–Crippen MR) is 112 cm³/mol. The Morgan fingerprint density at radius 3 is 2.52 bits per heavy atom. The molecular weight excluding hydrogens is 405 g/mol. The number of benzene rings is 2. The van der Waals surface area contributed by atoms with Crippen molar-refractivity contribution in [3.63, 3.8) is 0 Å². The molecule has 0 aliphatic rings. The first-order valence-corrected chi connectivity index (χ1v) is 9.70. The van der Waals surface area contributed by atoms with Gasteiger partial charge in [0.15, 0.2) is 0 Å². The Balaban J connectivity index is 1.90. The summed E-state index contributed by atoms with van der Waals surface area (Å²) in [6, 6.07) is 12.5. The number of carbonyl (C=O) groups excluding carboxylic acids is 2. The average Bonchev–Trinajstić information content (AvgIpc) is 2.99. The van der Waals surface area contributed by atoms with Crippen molar-refractivity contribution >= 4 is 67.6 Å².